The molecule has 0 radical (unpaired) electrons. The second-order valence-corrected chi connectivity index (χ2v) is 7.31. The summed E-state index contributed by atoms with van der Waals surface area (Å²) in [4.78, 5) is 7.40. The average Bonchev–Trinajstić information content (AvgIpc) is 2.93. The molecule has 1 N–H and O–H groups in total. The number of hydrogen-bond donors (Lipinski definition) is 1. The molecule has 3 aromatic heterocycles. The highest BCUT2D eigenvalue weighted by Crippen LogP contribution is 2.31. The maximum absolute atomic E-state index is 15.0. The topological polar surface area (TPSA) is 76.9 Å². The van der Waals surface area contributed by atoms with Crippen molar-refractivity contribution in [3.63, 3.8) is 0 Å². The first kappa shape index (κ1) is 18.2. The molecule has 0 saturated heterocycles. The van der Waals surface area contributed by atoms with E-state index in [0.717, 1.165) is 0 Å². The fourth-order valence-electron chi connectivity index (χ4n) is 2.66. The Morgan fingerprint density at radius 3 is 2.50 bits per heavy atom. The normalized spacial score (nSPS) is 11.7. The van der Waals surface area contributed by atoms with Crippen molar-refractivity contribution < 1.29 is 17.2 Å². The van der Waals surface area contributed by atoms with Crippen LogP contribution in [0.15, 0.2) is 47.8 Å². The van der Waals surface area contributed by atoms with Crippen molar-refractivity contribution in [3.05, 3.63) is 65.7 Å². The predicted octanol–water partition coefficient (Wildman–Crippen LogP) is 2.49. The van der Waals surface area contributed by atoms with E-state index in [4.69, 9.17) is 0 Å². The van der Waals surface area contributed by atoms with Crippen LogP contribution in [0.4, 0.5) is 8.78 Å². The third-order valence-electron chi connectivity index (χ3n) is 3.82. The lowest BCUT2D eigenvalue weighted by molar-refractivity contribution is 0.528. The van der Waals surface area contributed by atoms with Gasteiger partial charge in [0.25, 0.3) is 10.0 Å². The molecule has 9 heteroatoms. The third kappa shape index (κ3) is 2.99. The van der Waals surface area contributed by atoms with Gasteiger partial charge in [-0.2, -0.15) is 17.2 Å². The van der Waals surface area contributed by atoms with Crippen LogP contribution < -0.4 is 5.32 Å². The van der Waals surface area contributed by atoms with E-state index in [1.807, 2.05) is 0 Å². The first-order valence-corrected chi connectivity index (χ1v) is 9.14. The van der Waals surface area contributed by atoms with Crippen molar-refractivity contribution in [1.82, 2.24) is 19.3 Å². The Kier molecular flexibility index (Phi) is 4.84. The molecule has 3 aromatic rings. The van der Waals surface area contributed by atoms with Crippen LogP contribution in [0.5, 0.6) is 0 Å². The number of nitrogens with one attached hydrogen (secondary N) is 1. The standard InChI is InChI=1S/C17H16F2N4O2S/c1-11-5-3-8-22-17(11)26(24,25)23-14(9-12(10-20-2)16(23)19)13-6-4-7-21-15(13)18/h3-9,20H,10H2,1-2H3. The van der Waals surface area contributed by atoms with Gasteiger partial charge in [-0.25, -0.2) is 13.9 Å². The van der Waals surface area contributed by atoms with E-state index in [2.05, 4.69) is 15.3 Å². The first-order chi connectivity index (χ1) is 12.4. The fraction of sp³-hybridized carbons (Fsp3) is 0.176. The van der Waals surface area contributed by atoms with Crippen LogP contribution in [0.25, 0.3) is 11.3 Å². The van der Waals surface area contributed by atoms with E-state index in [-0.39, 0.29) is 28.4 Å². The summed E-state index contributed by atoms with van der Waals surface area (Å²) in [5.41, 5.74) is 0.172. The molecule has 0 aliphatic carbocycles. The Bertz CT molecular complexity index is 1060. The van der Waals surface area contributed by atoms with Gasteiger partial charge < -0.3 is 5.32 Å². The molecular weight excluding hydrogens is 362 g/mol. The smallest absolute Gasteiger partial charge is 0.288 e. The molecule has 26 heavy (non-hydrogen) atoms. The second-order valence-electron chi connectivity index (χ2n) is 5.61. The number of nitrogens with zero attached hydrogens (tertiary/aromatic N) is 3. The van der Waals surface area contributed by atoms with E-state index >= 15 is 0 Å². The molecule has 0 saturated carbocycles. The molecule has 6 nitrogen and oxygen atoms in total. The molecule has 0 spiro atoms. The summed E-state index contributed by atoms with van der Waals surface area (Å²) in [5.74, 6) is -1.89. The van der Waals surface area contributed by atoms with Crippen molar-refractivity contribution in [2.45, 2.75) is 18.5 Å². The minimum absolute atomic E-state index is 0.0738. The number of aryl methyl sites for hydroxylation is 1. The second kappa shape index (κ2) is 6.93. The molecule has 0 amide bonds. The number of halogens is 2. The van der Waals surface area contributed by atoms with Crippen LogP contribution in [0.1, 0.15) is 11.1 Å². The minimum atomic E-state index is -4.39. The lowest BCUT2D eigenvalue weighted by atomic mass is 10.2. The van der Waals surface area contributed by atoms with Crippen LogP contribution in [0.3, 0.4) is 0 Å². The average molecular weight is 378 g/mol. The lowest BCUT2D eigenvalue weighted by Gasteiger charge is -2.12. The number of pyridine rings is 2. The van der Waals surface area contributed by atoms with Gasteiger partial charge in [-0.3, -0.25) is 0 Å². The van der Waals surface area contributed by atoms with Crippen molar-refractivity contribution >= 4 is 10.0 Å². The summed E-state index contributed by atoms with van der Waals surface area (Å²) >= 11 is 0. The molecule has 0 unspecified atom stereocenters. The van der Waals surface area contributed by atoms with E-state index in [0.29, 0.717) is 9.54 Å². The zero-order chi connectivity index (χ0) is 18.9. The Balaban J connectivity index is 2.33. The van der Waals surface area contributed by atoms with Crippen LogP contribution in [-0.4, -0.2) is 29.4 Å². The van der Waals surface area contributed by atoms with Crippen LogP contribution >= 0.6 is 0 Å². The third-order valence-corrected chi connectivity index (χ3v) is 5.58. The summed E-state index contributed by atoms with van der Waals surface area (Å²) in [7, 11) is -2.79. The maximum Gasteiger partial charge on any atom is 0.288 e. The maximum atomic E-state index is 15.0. The summed E-state index contributed by atoms with van der Waals surface area (Å²) in [6.07, 6.45) is 2.54. The van der Waals surface area contributed by atoms with Crippen LogP contribution in [0, 0.1) is 18.8 Å². The largest absolute Gasteiger partial charge is 0.316 e. The Morgan fingerprint density at radius 2 is 1.85 bits per heavy atom. The molecule has 0 fully saturated rings. The quantitative estimate of drug-likeness (QED) is 0.691. The molecular formula is C17H16F2N4O2S. The van der Waals surface area contributed by atoms with Crippen molar-refractivity contribution in [2.75, 3.05) is 7.05 Å². The number of rotatable bonds is 5. The Labute approximate surface area is 149 Å². The van der Waals surface area contributed by atoms with Crippen molar-refractivity contribution in [2.24, 2.45) is 0 Å². The molecule has 3 rings (SSSR count). The van der Waals surface area contributed by atoms with Crippen molar-refractivity contribution in [1.29, 1.82) is 0 Å². The Hall–Kier alpha value is -2.65. The zero-order valence-electron chi connectivity index (χ0n) is 14.1. The van der Waals surface area contributed by atoms with Crippen molar-refractivity contribution in [3.8, 4) is 11.3 Å². The van der Waals surface area contributed by atoms with Crippen LogP contribution in [-0.2, 0) is 16.6 Å². The SMILES string of the molecule is CNCc1cc(-c2cccnc2F)n(S(=O)(=O)c2ncccc2C)c1F. The molecule has 3 heterocycles. The minimum Gasteiger partial charge on any atom is -0.316 e. The van der Waals surface area contributed by atoms with E-state index in [9.17, 15) is 17.2 Å². The molecule has 0 aliphatic heterocycles. The van der Waals surface area contributed by atoms with Gasteiger partial charge in [-0.1, -0.05) is 6.07 Å². The van der Waals surface area contributed by atoms with E-state index in [1.54, 1.807) is 26.1 Å². The van der Waals surface area contributed by atoms with Crippen LogP contribution in [0.2, 0.25) is 0 Å². The van der Waals surface area contributed by atoms with Gasteiger partial charge in [0, 0.05) is 24.5 Å². The highest BCUT2D eigenvalue weighted by atomic mass is 32.2. The van der Waals surface area contributed by atoms with E-state index < -0.39 is 21.9 Å². The monoisotopic (exact) mass is 378 g/mol. The van der Waals surface area contributed by atoms with Gasteiger partial charge in [0.2, 0.25) is 11.9 Å². The van der Waals surface area contributed by atoms with Gasteiger partial charge in [0.1, 0.15) is 0 Å². The zero-order valence-corrected chi connectivity index (χ0v) is 14.9. The molecule has 0 aliphatic rings. The summed E-state index contributed by atoms with van der Waals surface area (Å²) in [6.45, 7) is 1.63. The van der Waals surface area contributed by atoms with Gasteiger partial charge in [0.05, 0.1) is 11.3 Å². The molecule has 0 bridgehead atoms. The Morgan fingerprint density at radius 1 is 1.15 bits per heavy atom. The lowest BCUT2D eigenvalue weighted by Crippen LogP contribution is -2.19. The molecule has 0 atom stereocenters. The highest BCUT2D eigenvalue weighted by Gasteiger charge is 2.30. The number of hydrogen-bond acceptors (Lipinski definition) is 5. The molecule has 0 aromatic carbocycles. The summed E-state index contributed by atoms with van der Waals surface area (Å²) in [6, 6.07) is 7.22. The van der Waals surface area contributed by atoms with Gasteiger partial charge >= 0.3 is 0 Å². The summed E-state index contributed by atoms with van der Waals surface area (Å²) in [5, 5.41) is 2.47. The molecule has 136 valence electrons. The highest BCUT2D eigenvalue weighted by molar-refractivity contribution is 7.90. The first-order valence-electron chi connectivity index (χ1n) is 7.70. The van der Waals surface area contributed by atoms with E-state index in [1.165, 1.54) is 30.6 Å². The van der Waals surface area contributed by atoms with Gasteiger partial charge in [0.15, 0.2) is 5.03 Å². The summed E-state index contributed by atoms with van der Waals surface area (Å²) < 4.78 is 55.8. The predicted molar refractivity (Wildman–Crippen MR) is 91.9 cm³/mol. The van der Waals surface area contributed by atoms with Gasteiger partial charge in [-0.15, -0.1) is 0 Å². The number of aromatic nitrogens is 3. The van der Waals surface area contributed by atoms with Gasteiger partial charge in [-0.05, 0) is 43.8 Å². The fourth-order valence-corrected chi connectivity index (χ4v) is 4.24.